The number of amides is 1. The number of nitrogens with zero attached hydrogens (tertiary/aromatic N) is 2. The van der Waals surface area contributed by atoms with Crippen LogP contribution in [0.2, 0.25) is 0 Å². The second kappa shape index (κ2) is 10.9. The van der Waals surface area contributed by atoms with Gasteiger partial charge in [-0.3, -0.25) is 10.2 Å². The molecule has 0 radical (unpaired) electrons. The maximum absolute atomic E-state index is 12.8. The number of amidine groups is 1. The standard InChI is InChI=1S/C23H25F3N4O4/c24-23(25,26)22(32)34-30(13-14-33-19-6-4-5-17(15-19)20(27)28)21(31)16-7-9-18(10-8-16)29-11-2-1-3-12-29/h4-10,15H,1-3,11-14H2,(H3,27,28). The molecule has 1 aliphatic rings. The van der Waals surface area contributed by atoms with Gasteiger partial charge >= 0.3 is 12.1 Å². The molecular weight excluding hydrogens is 453 g/mol. The molecular formula is C23H25F3N4O4. The molecule has 34 heavy (non-hydrogen) atoms. The van der Waals surface area contributed by atoms with E-state index < -0.39 is 24.6 Å². The van der Waals surface area contributed by atoms with Crippen LogP contribution in [0.25, 0.3) is 0 Å². The van der Waals surface area contributed by atoms with Crippen molar-refractivity contribution in [2.75, 3.05) is 31.1 Å². The fraction of sp³-hybridized carbons (Fsp3) is 0.348. The van der Waals surface area contributed by atoms with Gasteiger partial charge in [-0.1, -0.05) is 12.1 Å². The largest absolute Gasteiger partial charge is 0.493 e. The average Bonchev–Trinajstić information content (AvgIpc) is 2.83. The summed E-state index contributed by atoms with van der Waals surface area (Å²) in [4.78, 5) is 30.8. The molecule has 8 nitrogen and oxygen atoms in total. The van der Waals surface area contributed by atoms with Gasteiger partial charge in [-0.2, -0.15) is 18.2 Å². The number of alkyl halides is 3. The van der Waals surface area contributed by atoms with Crippen molar-refractivity contribution in [1.82, 2.24) is 5.06 Å². The molecule has 0 atom stereocenters. The third kappa shape index (κ3) is 6.63. The fourth-order valence-electron chi connectivity index (χ4n) is 3.45. The first-order valence-corrected chi connectivity index (χ1v) is 10.7. The van der Waals surface area contributed by atoms with Crippen molar-refractivity contribution < 1.29 is 32.3 Å². The van der Waals surface area contributed by atoms with Gasteiger partial charge in [-0.25, -0.2) is 4.79 Å². The number of hydrogen-bond acceptors (Lipinski definition) is 6. The van der Waals surface area contributed by atoms with Crippen molar-refractivity contribution in [2.45, 2.75) is 25.4 Å². The molecule has 1 aliphatic heterocycles. The van der Waals surface area contributed by atoms with E-state index in [4.69, 9.17) is 15.9 Å². The number of carbonyl (C=O) groups is 2. The molecule has 3 rings (SSSR count). The number of nitrogen functional groups attached to an aromatic ring is 1. The summed E-state index contributed by atoms with van der Waals surface area (Å²) >= 11 is 0. The van der Waals surface area contributed by atoms with Crippen LogP contribution in [0, 0.1) is 5.41 Å². The molecule has 0 unspecified atom stereocenters. The number of halogens is 3. The lowest BCUT2D eigenvalue weighted by Gasteiger charge is -2.29. The highest BCUT2D eigenvalue weighted by molar-refractivity contribution is 5.95. The van der Waals surface area contributed by atoms with E-state index in [1.54, 1.807) is 30.3 Å². The van der Waals surface area contributed by atoms with E-state index in [-0.39, 0.29) is 23.8 Å². The Morgan fingerprint density at radius 2 is 1.71 bits per heavy atom. The molecule has 182 valence electrons. The number of hydroxylamine groups is 2. The highest BCUT2D eigenvalue weighted by atomic mass is 19.4. The topological polar surface area (TPSA) is 109 Å². The van der Waals surface area contributed by atoms with Gasteiger partial charge in [0.05, 0.1) is 6.54 Å². The molecule has 3 N–H and O–H groups in total. The third-order valence-electron chi connectivity index (χ3n) is 5.19. The van der Waals surface area contributed by atoms with Gasteiger partial charge in [0.15, 0.2) is 0 Å². The minimum Gasteiger partial charge on any atom is -0.492 e. The summed E-state index contributed by atoms with van der Waals surface area (Å²) in [5, 5.41) is 7.78. The maximum atomic E-state index is 12.8. The van der Waals surface area contributed by atoms with Crippen molar-refractivity contribution >= 4 is 23.4 Å². The molecule has 1 heterocycles. The Hall–Kier alpha value is -3.76. The lowest BCUT2D eigenvalue weighted by Crippen LogP contribution is -2.40. The number of nitrogens with two attached hydrogens (primary N) is 1. The quantitative estimate of drug-likeness (QED) is 0.358. The van der Waals surface area contributed by atoms with Gasteiger partial charge in [0.1, 0.15) is 18.2 Å². The smallest absolute Gasteiger partial charge is 0.492 e. The molecule has 11 heteroatoms. The number of hydrogen-bond donors (Lipinski definition) is 2. The summed E-state index contributed by atoms with van der Waals surface area (Å²) in [5.41, 5.74) is 6.79. The zero-order valence-electron chi connectivity index (χ0n) is 18.3. The number of nitrogens with one attached hydrogen (secondary N) is 1. The van der Waals surface area contributed by atoms with E-state index in [1.807, 2.05) is 0 Å². The zero-order valence-corrected chi connectivity index (χ0v) is 18.3. The normalized spacial score (nSPS) is 13.8. The van der Waals surface area contributed by atoms with Crippen LogP contribution in [-0.2, 0) is 9.63 Å². The Balaban J connectivity index is 1.70. The maximum Gasteiger partial charge on any atom is 0.493 e. The Kier molecular flexibility index (Phi) is 7.98. The number of piperidine rings is 1. The monoisotopic (exact) mass is 478 g/mol. The zero-order chi connectivity index (χ0) is 24.7. The second-order valence-electron chi connectivity index (χ2n) is 7.67. The van der Waals surface area contributed by atoms with E-state index in [2.05, 4.69) is 9.74 Å². The van der Waals surface area contributed by atoms with Crippen LogP contribution in [0.3, 0.4) is 0 Å². The average molecular weight is 478 g/mol. The first kappa shape index (κ1) is 24.9. The van der Waals surface area contributed by atoms with E-state index in [0.717, 1.165) is 38.0 Å². The Morgan fingerprint density at radius 1 is 1.03 bits per heavy atom. The van der Waals surface area contributed by atoms with E-state index in [1.165, 1.54) is 18.2 Å². The van der Waals surface area contributed by atoms with Crippen LogP contribution < -0.4 is 15.4 Å². The second-order valence-corrected chi connectivity index (χ2v) is 7.67. The van der Waals surface area contributed by atoms with Crippen LogP contribution >= 0.6 is 0 Å². The number of carbonyl (C=O) groups excluding carboxylic acids is 2. The minimum atomic E-state index is -5.27. The van der Waals surface area contributed by atoms with Gasteiger partial charge in [0, 0.05) is 29.9 Å². The van der Waals surface area contributed by atoms with Crippen molar-refractivity contribution in [3.8, 4) is 5.75 Å². The fourth-order valence-corrected chi connectivity index (χ4v) is 3.45. The third-order valence-corrected chi connectivity index (χ3v) is 5.19. The van der Waals surface area contributed by atoms with Crippen LogP contribution in [0.1, 0.15) is 35.2 Å². The van der Waals surface area contributed by atoms with Crippen molar-refractivity contribution in [2.24, 2.45) is 5.73 Å². The molecule has 1 saturated heterocycles. The van der Waals surface area contributed by atoms with Gasteiger partial charge in [-0.15, -0.1) is 0 Å². The van der Waals surface area contributed by atoms with Gasteiger partial charge in [0.25, 0.3) is 5.91 Å². The minimum absolute atomic E-state index is 0.0642. The molecule has 1 amide bonds. The number of anilines is 1. The number of ether oxygens (including phenoxy) is 1. The molecule has 0 spiro atoms. The summed E-state index contributed by atoms with van der Waals surface area (Å²) in [5.74, 6) is -3.32. The Bertz CT molecular complexity index is 1020. The highest BCUT2D eigenvalue weighted by Gasteiger charge is 2.43. The summed E-state index contributed by atoms with van der Waals surface area (Å²) in [6.45, 7) is 1.05. The summed E-state index contributed by atoms with van der Waals surface area (Å²) in [6, 6.07) is 12.6. The lowest BCUT2D eigenvalue weighted by atomic mass is 10.1. The molecule has 2 aromatic rings. The Morgan fingerprint density at radius 3 is 2.32 bits per heavy atom. The van der Waals surface area contributed by atoms with Crippen molar-refractivity contribution in [1.29, 1.82) is 5.41 Å². The number of rotatable bonds is 7. The summed E-state index contributed by atoms with van der Waals surface area (Å²) in [7, 11) is 0. The molecule has 0 aromatic heterocycles. The molecule has 2 aromatic carbocycles. The van der Waals surface area contributed by atoms with Crippen LogP contribution in [0.5, 0.6) is 5.75 Å². The Labute approximate surface area is 194 Å². The SMILES string of the molecule is N=C(N)c1cccc(OCCN(OC(=O)C(F)(F)F)C(=O)c2ccc(N3CCCCC3)cc2)c1. The molecule has 0 saturated carbocycles. The molecule has 1 fully saturated rings. The first-order chi connectivity index (χ1) is 16.1. The van der Waals surface area contributed by atoms with Gasteiger partial charge in [0.2, 0.25) is 0 Å². The van der Waals surface area contributed by atoms with Crippen LogP contribution in [0.15, 0.2) is 48.5 Å². The lowest BCUT2D eigenvalue weighted by molar-refractivity contribution is -0.229. The highest BCUT2D eigenvalue weighted by Crippen LogP contribution is 2.22. The first-order valence-electron chi connectivity index (χ1n) is 10.7. The molecule has 0 bridgehead atoms. The van der Waals surface area contributed by atoms with Gasteiger partial charge in [-0.05, 0) is 55.7 Å². The summed E-state index contributed by atoms with van der Waals surface area (Å²) < 4.78 is 43.7. The molecule has 0 aliphatic carbocycles. The van der Waals surface area contributed by atoms with E-state index >= 15 is 0 Å². The van der Waals surface area contributed by atoms with Crippen LogP contribution in [-0.4, -0.2) is 55.2 Å². The van der Waals surface area contributed by atoms with E-state index in [0.29, 0.717) is 10.6 Å². The number of benzene rings is 2. The van der Waals surface area contributed by atoms with Crippen molar-refractivity contribution in [3.05, 3.63) is 59.7 Å². The van der Waals surface area contributed by atoms with Crippen LogP contribution in [0.4, 0.5) is 18.9 Å². The summed E-state index contributed by atoms with van der Waals surface area (Å²) in [6.07, 6.45) is -1.98. The van der Waals surface area contributed by atoms with Crippen molar-refractivity contribution in [3.63, 3.8) is 0 Å². The predicted octanol–water partition coefficient (Wildman–Crippen LogP) is 3.50. The van der Waals surface area contributed by atoms with Gasteiger partial charge < -0.3 is 20.2 Å². The predicted molar refractivity (Wildman–Crippen MR) is 119 cm³/mol. The van der Waals surface area contributed by atoms with E-state index in [9.17, 15) is 22.8 Å².